The molecule has 112 valence electrons. The fourth-order valence-corrected chi connectivity index (χ4v) is 3.49. The van der Waals surface area contributed by atoms with Gasteiger partial charge in [0.2, 0.25) is 9.84 Å². The smallest absolute Gasteiger partial charge is 0.201 e. The maximum absolute atomic E-state index is 12.5. The Labute approximate surface area is 133 Å². The van der Waals surface area contributed by atoms with Gasteiger partial charge in [-0.25, -0.2) is 13.4 Å². The van der Waals surface area contributed by atoms with E-state index in [0.29, 0.717) is 16.1 Å². The lowest BCUT2D eigenvalue weighted by Crippen LogP contribution is -2.08. The van der Waals surface area contributed by atoms with E-state index in [4.69, 9.17) is 11.6 Å². The molecular weight excluding hydrogens is 320 g/mol. The molecule has 2 aromatic carbocycles. The standard InChI is InChI=1S/C16H13ClN2O2S/c1-11-2-4-12(5-3-11)10-22(20,21)16-9-18-15-8-13(17)6-7-14(15)19-16/h2-9H,10H2,1H3. The molecule has 0 aliphatic rings. The number of hydrogen-bond acceptors (Lipinski definition) is 4. The number of rotatable bonds is 3. The number of sulfone groups is 1. The van der Waals surface area contributed by atoms with Gasteiger partial charge >= 0.3 is 0 Å². The Hall–Kier alpha value is -1.98. The summed E-state index contributed by atoms with van der Waals surface area (Å²) in [7, 11) is -3.53. The molecule has 4 nitrogen and oxygen atoms in total. The highest BCUT2D eigenvalue weighted by atomic mass is 35.5. The molecule has 0 saturated heterocycles. The van der Waals surface area contributed by atoms with Gasteiger partial charge in [-0.3, -0.25) is 4.98 Å². The van der Waals surface area contributed by atoms with Crippen molar-refractivity contribution < 1.29 is 8.42 Å². The molecule has 6 heteroatoms. The van der Waals surface area contributed by atoms with Crippen LogP contribution in [0.4, 0.5) is 0 Å². The van der Waals surface area contributed by atoms with Crippen molar-refractivity contribution in [1.82, 2.24) is 9.97 Å². The third kappa shape index (κ3) is 3.10. The normalized spacial score (nSPS) is 11.7. The predicted octanol–water partition coefficient (Wildman–Crippen LogP) is 3.57. The van der Waals surface area contributed by atoms with Crippen molar-refractivity contribution in [1.29, 1.82) is 0 Å². The molecule has 0 fully saturated rings. The summed E-state index contributed by atoms with van der Waals surface area (Å²) in [6.07, 6.45) is 1.28. The molecule has 0 amide bonds. The van der Waals surface area contributed by atoms with Crippen LogP contribution >= 0.6 is 11.6 Å². The van der Waals surface area contributed by atoms with Crippen LogP contribution in [0.1, 0.15) is 11.1 Å². The molecule has 0 atom stereocenters. The second kappa shape index (κ2) is 5.66. The number of hydrogen-bond donors (Lipinski definition) is 0. The molecule has 0 saturated carbocycles. The number of aromatic nitrogens is 2. The molecule has 0 aliphatic heterocycles. The van der Waals surface area contributed by atoms with Crippen molar-refractivity contribution in [3.05, 3.63) is 64.8 Å². The van der Waals surface area contributed by atoms with Gasteiger partial charge in [-0.05, 0) is 30.7 Å². The Morgan fingerprint density at radius 3 is 2.50 bits per heavy atom. The van der Waals surface area contributed by atoms with Gasteiger partial charge in [0, 0.05) is 5.02 Å². The van der Waals surface area contributed by atoms with Crippen LogP contribution in [0.15, 0.2) is 53.7 Å². The van der Waals surface area contributed by atoms with E-state index in [2.05, 4.69) is 9.97 Å². The van der Waals surface area contributed by atoms with Crippen LogP contribution in [0.25, 0.3) is 11.0 Å². The Bertz CT molecular complexity index is 938. The number of nitrogens with zero attached hydrogens (tertiary/aromatic N) is 2. The zero-order valence-corrected chi connectivity index (χ0v) is 13.4. The van der Waals surface area contributed by atoms with Crippen molar-refractivity contribution in [2.45, 2.75) is 17.7 Å². The van der Waals surface area contributed by atoms with Gasteiger partial charge in [-0.2, -0.15) is 0 Å². The minimum atomic E-state index is -3.53. The Kier molecular flexibility index (Phi) is 3.85. The Balaban J connectivity index is 1.97. The molecule has 0 radical (unpaired) electrons. The van der Waals surface area contributed by atoms with Crippen molar-refractivity contribution in [3.63, 3.8) is 0 Å². The fourth-order valence-electron chi connectivity index (χ4n) is 2.09. The van der Waals surface area contributed by atoms with Crippen molar-refractivity contribution >= 4 is 32.5 Å². The predicted molar refractivity (Wildman–Crippen MR) is 86.6 cm³/mol. The average Bonchev–Trinajstić information content (AvgIpc) is 2.49. The zero-order chi connectivity index (χ0) is 15.7. The lowest BCUT2D eigenvalue weighted by molar-refractivity contribution is 0.591. The molecule has 1 heterocycles. The van der Waals surface area contributed by atoms with Gasteiger partial charge in [0.25, 0.3) is 0 Å². The summed E-state index contributed by atoms with van der Waals surface area (Å²) in [5, 5.41) is 0.514. The molecule has 1 aromatic heterocycles. The van der Waals surface area contributed by atoms with E-state index in [-0.39, 0.29) is 10.8 Å². The molecule has 0 aliphatic carbocycles. The molecule has 0 bridgehead atoms. The quantitative estimate of drug-likeness (QED) is 0.735. The summed E-state index contributed by atoms with van der Waals surface area (Å²) >= 11 is 5.88. The van der Waals surface area contributed by atoms with Crippen LogP contribution in [-0.2, 0) is 15.6 Å². The monoisotopic (exact) mass is 332 g/mol. The van der Waals surface area contributed by atoms with E-state index in [0.717, 1.165) is 11.1 Å². The van der Waals surface area contributed by atoms with Crippen LogP contribution in [0.2, 0.25) is 5.02 Å². The molecule has 3 aromatic rings. The van der Waals surface area contributed by atoms with Crippen LogP contribution in [0.5, 0.6) is 0 Å². The van der Waals surface area contributed by atoms with Crippen LogP contribution in [0.3, 0.4) is 0 Å². The van der Waals surface area contributed by atoms with E-state index in [1.54, 1.807) is 30.3 Å². The first-order valence-electron chi connectivity index (χ1n) is 6.65. The van der Waals surface area contributed by atoms with Gasteiger partial charge in [-0.15, -0.1) is 0 Å². The number of aryl methyl sites for hydroxylation is 1. The van der Waals surface area contributed by atoms with Crippen LogP contribution < -0.4 is 0 Å². The van der Waals surface area contributed by atoms with Crippen molar-refractivity contribution in [2.75, 3.05) is 0 Å². The summed E-state index contributed by atoms with van der Waals surface area (Å²) in [4.78, 5) is 8.33. The number of fused-ring (bicyclic) bond motifs is 1. The largest absolute Gasteiger partial charge is 0.252 e. The molecule has 3 rings (SSSR count). The maximum Gasteiger partial charge on any atom is 0.201 e. The maximum atomic E-state index is 12.5. The SMILES string of the molecule is Cc1ccc(CS(=O)(=O)c2cnc3cc(Cl)ccc3n2)cc1. The van der Waals surface area contributed by atoms with Crippen LogP contribution in [-0.4, -0.2) is 18.4 Å². The topological polar surface area (TPSA) is 59.9 Å². The van der Waals surface area contributed by atoms with E-state index < -0.39 is 9.84 Å². The molecule has 0 unspecified atom stereocenters. The first-order valence-corrected chi connectivity index (χ1v) is 8.68. The summed E-state index contributed by atoms with van der Waals surface area (Å²) in [6, 6.07) is 12.4. The van der Waals surface area contributed by atoms with Crippen LogP contribution in [0, 0.1) is 6.92 Å². The highest BCUT2D eigenvalue weighted by Gasteiger charge is 2.18. The number of benzene rings is 2. The number of halogens is 1. The van der Waals surface area contributed by atoms with E-state index in [9.17, 15) is 8.42 Å². The van der Waals surface area contributed by atoms with Crippen molar-refractivity contribution in [3.8, 4) is 0 Å². The second-order valence-corrected chi connectivity index (χ2v) is 7.46. The Morgan fingerprint density at radius 2 is 1.77 bits per heavy atom. The molecule has 0 N–H and O–H groups in total. The lowest BCUT2D eigenvalue weighted by Gasteiger charge is -2.05. The third-order valence-electron chi connectivity index (χ3n) is 3.28. The first kappa shape index (κ1) is 14.9. The summed E-state index contributed by atoms with van der Waals surface area (Å²) < 4.78 is 24.9. The van der Waals surface area contributed by atoms with Gasteiger partial charge < -0.3 is 0 Å². The first-order chi connectivity index (χ1) is 10.4. The van der Waals surface area contributed by atoms with Crippen molar-refractivity contribution in [2.24, 2.45) is 0 Å². The Morgan fingerprint density at radius 1 is 1.05 bits per heavy atom. The van der Waals surface area contributed by atoms with E-state index in [1.165, 1.54) is 6.20 Å². The molecule has 22 heavy (non-hydrogen) atoms. The molecular formula is C16H13ClN2O2S. The van der Waals surface area contributed by atoms with Gasteiger partial charge in [0.15, 0.2) is 5.03 Å². The lowest BCUT2D eigenvalue weighted by atomic mass is 10.2. The van der Waals surface area contributed by atoms with Gasteiger partial charge in [0.05, 0.1) is 23.0 Å². The molecule has 0 spiro atoms. The van der Waals surface area contributed by atoms with E-state index in [1.807, 2.05) is 19.1 Å². The van der Waals surface area contributed by atoms with Gasteiger partial charge in [0.1, 0.15) is 0 Å². The van der Waals surface area contributed by atoms with Gasteiger partial charge in [-0.1, -0.05) is 41.4 Å². The summed E-state index contributed by atoms with van der Waals surface area (Å²) in [6.45, 7) is 1.96. The zero-order valence-electron chi connectivity index (χ0n) is 11.8. The summed E-state index contributed by atoms with van der Waals surface area (Å²) in [5.41, 5.74) is 2.89. The minimum Gasteiger partial charge on any atom is -0.252 e. The third-order valence-corrected chi connectivity index (χ3v) is 5.06. The van der Waals surface area contributed by atoms with E-state index >= 15 is 0 Å². The fraction of sp³-hybridized carbons (Fsp3) is 0.125. The highest BCUT2D eigenvalue weighted by molar-refractivity contribution is 7.90. The minimum absolute atomic E-state index is 0.0251. The average molecular weight is 333 g/mol. The highest BCUT2D eigenvalue weighted by Crippen LogP contribution is 2.19. The second-order valence-electron chi connectivity index (χ2n) is 5.09. The summed E-state index contributed by atoms with van der Waals surface area (Å²) in [5.74, 6) is -0.0962.